The van der Waals surface area contributed by atoms with Gasteiger partial charge in [0.15, 0.2) is 20.9 Å². The van der Waals surface area contributed by atoms with Gasteiger partial charge in [-0.3, -0.25) is 4.79 Å². The number of hydrogen-bond acceptors (Lipinski definition) is 4. The Morgan fingerprint density at radius 2 is 1.37 bits per heavy atom. The largest absolute Gasteiger partial charge is 0.481 e. The van der Waals surface area contributed by atoms with Crippen LogP contribution in [0.1, 0.15) is 30.5 Å². The van der Waals surface area contributed by atoms with E-state index in [-0.39, 0.29) is 17.9 Å². The Morgan fingerprint density at radius 1 is 0.842 bits per heavy atom. The molecule has 192 valence electrons. The zero-order valence-electron chi connectivity index (χ0n) is 21.7. The number of fused-ring (bicyclic) bond motifs is 2. The fourth-order valence-corrected chi connectivity index (χ4v) is 7.32. The third-order valence-electron chi connectivity index (χ3n) is 6.62. The van der Waals surface area contributed by atoms with Crippen molar-refractivity contribution in [3.8, 4) is 10.6 Å². The van der Waals surface area contributed by atoms with Gasteiger partial charge in [-0.25, -0.2) is 9.18 Å². The summed E-state index contributed by atoms with van der Waals surface area (Å²) in [5.41, 5.74) is 1.60. The van der Waals surface area contributed by atoms with Crippen LogP contribution >= 0.6 is 10.5 Å². The molecule has 0 spiro atoms. The van der Waals surface area contributed by atoms with Crippen molar-refractivity contribution in [1.82, 2.24) is 0 Å². The zero-order chi connectivity index (χ0) is 27.0. The molecule has 5 rings (SSSR count). The van der Waals surface area contributed by atoms with E-state index in [0.717, 1.165) is 36.2 Å². The van der Waals surface area contributed by atoms with E-state index in [4.69, 9.17) is 9.47 Å². The number of carbonyl (C=O) groups is 1. The quantitative estimate of drug-likeness (QED) is 0.129. The number of ether oxygens (including phenoxy) is 2. The van der Waals surface area contributed by atoms with Crippen LogP contribution in [0.2, 0.25) is 0 Å². The second kappa shape index (κ2) is 10.0. The molecule has 0 aliphatic rings. The lowest BCUT2D eigenvalue weighted by Crippen LogP contribution is -2.28. The van der Waals surface area contributed by atoms with E-state index in [0.29, 0.717) is 11.3 Å². The molecule has 0 unspecified atom stereocenters. The molecule has 0 amide bonds. The van der Waals surface area contributed by atoms with Gasteiger partial charge in [-0.05, 0) is 80.8 Å². The van der Waals surface area contributed by atoms with Crippen molar-refractivity contribution in [2.75, 3.05) is 6.61 Å². The SMILES string of the molecule is Cc1cc(-[s+]2c3ccccc3c(=O)c3ccccc32)cc(C)c1OCC(=O)OC(C)(C)c1ccc(F)cc1. The monoisotopic (exact) mass is 527 g/mol. The predicted octanol–water partition coefficient (Wildman–Crippen LogP) is 7.70. The molecule has 0 radical (unpaired) electrons. The molecule has 0 saturated heterocycles. The van der Waals surface area contributed by atoms with Crippen LogP contribution in [-0.4, -0.2) is 12.6 Å². The van der Waals surface area contributed by atoms with E-state index in [9.17, 15) is 14.0 Å². The zero-order valence-corrected chi connectivity index (χ0v) is 22.5. The summed E-state index contributed by atoms with van der Waals surface area (Å²) in [4.78, 5) is 26.9. The van der Waals surface area contributed by atoms with Crippen molar-refractivity contribution < 1.29 is 18.7 Å². The van der Waals surface area contributed by atoms with Crippen molar-refractivity contribution in [1.29, 1.82) is 0 Å². The molecule has 1 heterocycles. The smallest absolute Gasteiger partial charge is 0.345 e. The van der Waals surface area contributed by atoms with Gasteiger partial charge in [0.1, 0.15) is 17.2 Å². The third-order valence-corrected chi connectivity index (χ3v) is 8.91. The molecule has 0 N–H and O–H groups in total. The Balaban J connectivity index is 1.44. The molecule has 4 aromatic carbocycles. The highest BCUT2D eigenvalue weighted by atomic mass is 32.2. The highest BCUT2D eigenvalue weighted by Crippen LogP contribution is 2.45. The third kappa shape index (κ3) is 4.79. The molecule has 4 nitrogen and oxygen atoms in total. The normalized spacial score (nSPS) is 11.6. The molecule has 0 aliphatic heterocycles. The van der Waals surface area contributed by atoms with E-state index in [1.165, 1.54) is 12.1 Å². The average molecular weight is 528 g/mol. The first-order valence-electron chi connectivity index (χ1n) is 12.3. The van der Waals surface area contributed by atoms with Gasteiger partial charge in [-0.2, -0.15) is 0 Å². The lowest BCUT2D eigenvalue weighted by atomic mass is 9.98. The van der Waals surface area contributed by atoms with E-state index in [1.807, 2.05) is 62.4 Å². The molecule has 6 heteroatoms. The van der Waals surface area contributed by atoms with Crippen LogP contribution in [0.3, 0.4) is 0 Å². The lowest BCUT2D eigenvalue weighted by molar-refractivity contribution is -0.159. The van der Waals surface area contributed by atoms with E-state index in [1.54, 1.807) is 26.0 Å². The minimum atomic E-state index is -0.928. The van der Waals surface area contributed by atoms with Crippen LogP contribution in [0, 0.1) is 19.7 Å². The van der Waals surface area contributed by atoms with Crippen molar-refractivity contribution in [3.63, 3.8) is 0 Å². The number of aryl methyl sites for hydroxylation is 2. The summed E-state index contributed by atoms with van der Waals surface area (Å²) in [6.45, 7) is 7.17. The second-order valence-electron chi connectivity index (χ2n) is 9.79. The van der Waals surface area contributed by atoms with Crippen LogP contribution in [-0.2, 0) is 15.1 Å². The standard InChI is InChI=1S/C32H28FO4S/c1-20-17-24(38-27-11-7-5-9-25(27)30(35)26-10-6-8-12-28(26)38)18-21(2)31(20)36-19-29(34)37-32(3,4)22-13-15-23(33)16-14-22/h5-18H,19H2,1-4H3/q+1. The van der Waals surface area contributed by atoms with Gasteiger partial charge in [0, 0.05) is 22.6 Å². The van der Waals surface area contributed by atoms with Crippen molar-refractivity contribution in [2.24, 2.45) is 0 Å². The van der Waals surface area contributed by atoms with Crippen LogP contribution in [0.25, 0.3) is 25.1 Å². The number of benzene rings is 4. The maximum atomic E-state index is 13.3. The second-order valence-corrected chi connectivity index (χ2v) is 11.8. The van der Waals surface area contributed by atoms with Crippen LogP contribution in [0.5, 0.6) is 5.75 Å². The van der Waals surface area contributed by atoms with Gasteiger partial charge in [-0.15, -0.1) is 0 Å². The minimum absolute atomic E-state index is 0.0513. The maximum absolute atomic E-state index is 13.3. The summed E-state index contributed by atoms with van der Waals surface area (Å²) in [5, 5.41) is 1.47. The summed E-state index contributed by atoms with van der Waals surface area (Å²) < 4.78 is 26.9. The molecule has 0 saturated carbocycles. The van der Waals surface area contributed by atoms with Gasteiger partial charge < -0.3 is 9.47 Å². The lowest BCUT2D eigenvalue weighted by Gasteiger charge is -2.26. The summed E-state index contributed by atoms with van der Waals surface area (Å²) in [5.74, 6) is -0.234. The molecule has 1 aromatic heterocycles. The highest BCUT2D eigenvalue weighted by Gasteiger charge is 2.27. The van der Waals surface area contributed by atoms with Gasteiger partial charge in [0.2, 0.25) is 5.43 Å². The Morgan fingerprint density at radius 3 is 1.92 bits per heavy atom. The first-order chi connectivity index (χ1) is 18.2. The summed E-state index contributed by atoms with van der Waals surface area (Å²) in [7, 11) is -0.451. The van der Waals surface area contributed by atoms with E-state index >= 15 is 0 Å². The topological polar surface area (TPSA) is 52.6 Å². The molecule has 0 atom stereocenters. The molecule has 0 aliphatic carbocycles. The fraction of sp³-hybridized carbons (Fsp3) is 0.188. The summed E-state index contributed by atoms with van der Waals surface area (Å²) >= 11 is 0. The Bertz CT molecular complexity index is 1650. The van der Waals surface area contributed by atoms with Crippen LogP contribution in [0.15, 0.2) is 89.7 Å². The number of hydrogen-bond donors (Lipinski definition) is 0. The Labute approximate surface area is 223 Å². The number of rotatable bonds is 6. The average Bonchev–Trinajstić information content (AvgIpc) is 2.88. The highest BCUT2D eigenvalue weighted by molar-refractivity contribution is 7.49. The van der Waals surface area contributed by atoms with Crippen LogP contribution < -0.4 is 10.2 Å². The predicted molar refractivity (Wildman–Crippen MR) is 152 cm³/mol. The van der Waals surface area contributed by atoms with Gasteiger partial charge in [-0.1, -0.05) is 36.4 Å². The first kappa shape index (κ1) is 25.6. The Kier molecular flexibility index (Phi) is 6.76. The minimum Gasteiger partial charge on any atom is -0.481 e. The fourth-order valence-electron chi connectivity index (χ4n) is 4.79. The first-order valence-corrected chi connectivity index (χ1v) is 13.6. The molecule has 5 aromatic rings. The van der Waals surface area contributed by atoms with Crippen molar-refractivity contribution >= 4 is 36.6 Å². The van der Waals surface area contributed by atoms with E-state index in [2.05, 4.69) is 12.1 Å². The molecular formula is C32H28FO4S+. The molecule has 0 fully saturated rings. The maximum Gasteiger partial charge on any atom is 0.345 e. The number of carbonyl (C=O) groups excluding carboxylic acids is 1. The molecule has 38 heavy (non-hydrogen) atoms. The molecular weight excluding hydrogens is 499 g/mol. The van der Waals surface area contributed by atoms with Crippen LogP contribution in [0.4, 0.5) is 4.39 Å². The number of esters is 1. The Hall–Kier alpha value is -4.03. The van der Waals surface area contributed by atoms with Gasteiger partial charge >= 0.3 is 5.97 Å². The van der Waals surface area contributed by atoms with Crippen molar-refractivity contribution in [2.45, 2.75) is 33.3 Å². The van der Waals surface area contributed by atoms with Gasteiger partial charge in [0.05, 0.1) is 10.8 Å². The number of halogens is 1. The van der Waals surface area contributed by atoms with Crippen molar-refractivity contribution in [3.05, 3.63) is 118 Å². The summed E-state index contributed by atoms with van der Waals surface area (Å²) in [6, 6.07) is 25.6. The van der Waals surface area contributed by atoms with E-state index < -0.39 is 22.0 Å². The van der Waals surface area contributed by atoms with Gasteiger partial charge in [0.25, 0.3) is 0 Å². The molecule has 0 bridgehead atoms. The summed E-state index contributed by atoms with van der Waals surface area (Å²) in [6.07, 6.45) is 0.